The zero-order valence-corrected chi connectivity index (χ0v) is 18.6. The second-order valence-electron chi connectivity index (χ2n) is 10.7. The molecule has 4 aliphatic carbocycles. The van der Waals surface area contributed by atoms with Crippen LogP contribution in [0.3, 0.4) is 0 Å². The summed E-state index contributed by atoms with van der Waals surface area (Å²) in [6.07, 6.45) is 8.66. The van der Waals surface area contributed by atoms with Crippen molar-refractivity contribution in [3.8, 4) is 11.1 Å². The molecule has 6 nitrogen and oxygen atoms in total. The van der Waals surface area contributed by atoms with Crippen LogP contribution < -0.4 is 11.1 Å². The zero-order chi connectivity index (χ0) is 22.0. The monoisotopic (exact) mass is 420 g/mol. The number of hydrogen-bond donors (Lipinski definition) is 2. The predicted molar refractivity (Wildman–Crippen MR) is 119 cm³/mol. The number of nitrogens with one attached hydrogen (secondary N) is 1. The number of primary amides is 1. The molecule has 0 spiro atoms. The largest absolute Gasteiger partial charge is 0.369 e. The Morgan fingerprint density at radius 2 is 1.74 bits per heavy atom. The lowest BCUT2D eigenvalue weighted by Crippen LogP contribution is -2.63. The Labute approximate surface area is 183 Å². The van der Waals surface area contributed by atoms with Crippen LogP contribution in [0.4, 0.5) is 0 Å². The molecule has 31 heavy (non-hydrogen) atoms. The normalized spacial score (nSPS) is 31.6. The van der Waals surface area contributed by atoms with Gasteiger partial charge in [0.1, 0.15) is 0 Å². The van der Waals surface area contributed by atoms with Crippen LogP contribution in [0.1, 0.15) is 51.5 Å². The first-order valence-corrected chi connectivity index (χ1v) is 11.4. The van der Waals surface area contributed by atoms with Gasteiger partial charge >= 0.3 is 0 Å². The summed E-state index contributed by atoms with van der Waals surface area (Å²) >= 11 is 0. The van der Waals surface area contributed by atoms with E-state index in [1.54, 1.807) is 4.68 Å². The van der Waals surface area contributed by atoms with Crippen LogP contribution in [0, 0.1) is 23.2 Å². The number of carbonyl (C=O) groups is 2. The Bertz CT molecular complexity index is 1010. The van der Waals surface area contributed by atoms with E-state index in [1.165, 1.54) is 0 Å². The second kappa shape index (κ2) is 6.94. The molecule has 2 unspecified atom stereocenters. The summed E-state index contributed by atoms with van der Waals surface area (Å²) in [4.78, 5) is 25.6. The number of nitrogens with zero attached hydrogens (tertiary/aromatic N) is 2. The van der Waals surface area contributed by atoms with Gasteiger partial charge in [0.15, 0.2) is 0 Å². The molecule has 2 amide bonds. The van der Waals surface area contributed by atoms with Crippen molar-refractivity contribution in [2.24, 2.45) is 36.0 Å². The molecule has 164 valence electrons. The van der Waals surface area contributed by atoms with E-state index < -0.39 is 5.41 Å². The van der Waals surface area contributed by atoms with Gasteiger partial charge in [-0.25, -0.2) is 0 Å². The van der Waals surface area contributed by atoms with Gasteiger partial charge in [-0.3, -0.25) is 14.3 Å². The van der Waals surface area contributed by atoms with Gasteiger partial charge in [0.2, 0.25) is 11.8 Å². The molecule has 4 saturated carbocycles. The first-order chi connectivity index (χ1) is 14.7. The average Bonchev–Trinajstić information content (AvgIpc) is 3.16. The third kappa shape index (κ3) is 3.27. The van der Waals surface area contributed by atoms with E-state index in [0.717, 1.165) is 48.8 Å². The third-order valence-electron chi connectivity index (χ3n) is 8.31. The molecule has 1 aromatic carbocycles. The summed E-state index contributed by atoms with van der Waals surface area (Å²) in [6.45, 7) is 3.98. The number of nitrogens with two attached hydrogens (primary N) is 1. The number of aryl methyl sites for hydroxylation is 1. The molecular weight excluding hydrogens is 388 g/mol. The summed E-state index contributed by atoms with van der Waals surface area (Å²) in [5.74, 6) is 1.25. The number of hydrogen-bond acceptors (Lipinski definition) is 3. The minimum absolute atomic E-state index is 0.0622. The lowest BCUT2D eigenvalue weighted by atomic mass is 9.47. The Morgan fingerprint density at radius 3 is 2.29 bits per heavy atom. The highest BCUT2D eigenvalue weighted by atomic mass is 16.2. The minimum atomic E-state index is -0.635. The molecular formula is C25H32N4O2. The van der Waals surface area contributed by atoms with Crippen LogP contribution >= 0.6 is 0 Å². The first-order valence-electron chi connectivity index (χ1n) is 11.4. The van der Waals surface area contributed by atoms with E-state index in [4.69, 9.17) is 5.73 Å². The van der Waals surface area contributed by atoms with Crippen molar-refractivity contribution in [1.29, 1.82) is 0 Å². The fourth-order valence-electron chi connectivity index (χ4n) is 6.67. The number of amides is 2. The van der Waals surface area contributed by atoms with Crippen molar-refractivity contribution >= 4 is 11.8 Å². The van der Waals surface area contributed by atoms with Gasteiger partial charge in [-0.1, -0.05) is 24.3 Å². The molecule has 6 heteroatoms. The van der Waals surface area contributed by atoms with Crippen molar-refractivity contribution in [3.63, 3.8) is 0 Å². The number of carbonyl (C=O) groups excluding carboxylic acids is 2. The van der Waals surface area contributed by atoms with E-state index in [9.17, 15) is 9.59 Å². The van der Waals surface area contributed by atoms with Gasteiger partial charge < -0.3 is 11.1 Å². The zero-order valence-electron chi connectivity index (χ0n) is 18.6. The fraction of sp³-hybridized carbons (Fsp3) is 0.560. The van der Waals surface area contributed by atoms with Crippen LogP contribution in [0.2, 0.25) is 0 Å². The molecule has 4 bridgehead atoms. The second-order valence-corrected chi connectivity index (χ2v) is 10.7. The molecule has 0 radical (unpaired) electrons. The van der Waals surface area contributed by atoms with Crippen molar-refractivity contribution in [3.05, 3.63) is 42.2 Å². The summed E-state index contributed by atoms with van der Waals surface area (Å²) in [6, 6.07) is 8.36. The maximum absolute atomic E-state index is 13.4. The number of rotatable bonds is 5. The maximum Gasteiger partial charge on any atom is 0.230 e. The van der Waals surface area contributed by atoms with Crippen LogP contribution in [-0.2, 0) is 22.1 Å². The first kappa shape index (κ1) is 20.3. The molecule has 0 saturated heterocycles. The molecule has 2 aromatic rings. The Balaban J connectivity index is 1.32. The van der Waals surface area contributed by atoms with Crippen molar-refractivity contribution in [2.75, 3.05) is 0 Å². The third-order valence-corrected chi connectivity index (χ3v) is 8.31. The lowest BCUT2D eigenvalue weighted by Gasteiger charge is -2.59. The van der Waals surface area contributed by atoms with Crippen LogP contribution in [0.25, 0.3) is 11.1 Å². The summed E-state index contributed by atoms with van der Waals surface area (Å²) < 4.78 is 1.79. The van der Waals surface area contributed by atoms with Gasteiger partial charge in [0, 0.05) is 30.3 Å². The summed E-state index contributed by atoms with van der Waals surface area (Å²) in [7, 11) is 1.90. The quantitative estimate of drug-likeness (QED) is 0.779. The van der Waals surface area contributed by atoms with Gasteiger partial charge in [-0.2, -0.15) is 5.10 Å². The average molecular weight is 421 g/mol. The standard InChI is InChI=1S/C25H32N4O2/c1-24(2,20-6-4-16(5-7-20)19-13-27-29(3)14-19)23(31)28-21-17-8-15-9-18(21)12-25(10-15,11-17)22(26)30/h4-7,13-15,17-18,21H,8-12H2,1-3H3,(H2,26,30)(H,28,31). The van der Waals surface area contributed by atoms with E-state index in [2.05, 4.69) is 22.5 Å². The highest BCUT2D eigenvalue weighted by molar-refractivity contribution is 5.88. The molecule has 6 rings (SSSR count). The summed E-state index contributed by atoms with van der Waals surface area (Å²) in [5.41, 5.74) is 8.00. The molecule has 1 heterocycles. The summed E-state index contributed by atoms with van der Waals surface area (Å²) in [5, 5.41) is 7.64. The Morgan fingerprint density at radius 1 is 1.10 bits per heavy atom. The fourth-order valence-corrected chi connectivity index (χ4v) is 6.67. The van der Waals surface area contributed by atoms with Gasteiger partial charge in [-0.15, -0.1) is 0 Å². The van der Waals surface area contributed by atoms with Crippen LogP contribution in [0.15, 0.2) is 36.7 Å². The molecule has 1 aromatic heterocycles. The van der Waals surface area contributed by atoms with Crippen LogP contribution in [0.5, 0.6) is 0 Å². The molecule has 3 N–H and O–H groups in total. The SMILES string of the molecule is Cn1cc(-c2ccc(C(C)(C)C(=O)NC3C4CC5CC3CC(C(N)=O)(C5)C4)cc2)cn1. The lowest BCUT2D eigenvalue weighted by molar-refractivity contribution is -0.148. The number of aromatic nitrogens is 2. The minimum Gasteiger partial charge on any atom is -0.369 e. The maximum atomic E-state index is 13.4. The highest BCUT2D eigenvalue weighted by Crippen LogP contribution is 2.60. The number of benzene rings is 1. The van der Waals surface area contributed by atoms with E-state index in [0.29, 0.717) is 17.8 Å². The van der Waals surface area contributed by atoms with Crippen molar-refractivity contribution < 1.29 is 9.59 Å². The van der Waals surface area contributed by atoms with Gasteiger partial charge in [-0.05, 0) is 74.8 Å². The topological polar surface area (TPSA) is 90.0 Å². The van der Waals surface area contributed by atoms with Gasteiger partial charge in [0.05, 0.1) is 11.6 Å². The highest BCUT2D eigenvalue weighted by Gasteiger charge is 2.58. The van der Waals surface area contributed by atoms with Crippen molar-refractivity contribution in [1.82, 2.24) is 15.1 Å². The smallest absolute Gasteiger partial charge is 0.230 e. The Kier molecular flexibility index (Phi) is 4.54. The van der Waals surface area contributed by atoms with E-state index in [1.807, 2.05) is 45.4 Å². The van der Waals surface area contributed by atoms with E-state index in [-0.39, 0.29) is 23.3 Å². The van der Waals surface area contributed by atoms with Crippen molar-refractivity contribution in [2.45, 2.75) is 57.4 Å². The molecule has 4 aliphatic rings. The molecule has 2 atom stereocenters. The predicted octanol–water partition coefficient (Wildman–Crippen LogP) is 3.16. The van der Waals surface area contributed by atoms with Crippen LogP contribution in [-0.4, -0.2) is 27.6 Å². The Hall–Kier alpha value is -2.63. The molecule has 0 aliphatic heterocycles. The van der Waals surface area contributed by atoms with Gasteiger partial charge in [0.25, 0.3) is 0 Å². The molecule has 4 fully saturated rings. The van der Waals surface area contributed by atoms with E-state index >= 15 is 0 Å².